The Kier molecular flexibility index (Phi) is 2.39. The lowest BCUT2D eigenvalue weighted by Gasteiger charge is -2.47. The fourth-order valence-corrected chi connectivity index (χ4v) is 4.97. The van der Waals surface area contributed by atoms with E-state index in [1.54, 1.807) is 6.92 Å². The molecule has 3 aliphatic rings. The SMILES string of the molecule is CC(=O)[C@H]1CCC[C@]2(C1)[C@H]1CCC(C1)[C@H]2N. The van der Waals surface area contributed by atoms with Gasteiger partial charge in [0.05, 0.1) is 0 Å². The van der Waals surface area contributed by atoms with Gasteiger partial charge in [0.25, 0.3) is 0 Å². The van der Waals surface area contributed by atoms with Crippen LogP contribution < -0.4 is 5.73 Å². The highest BCUT2D eigenvalue weighted by atomic mass is 16.1. The first-order chi connectivity index (χ1) is 7.63. The zero-order valence-electron chi connectivity index (χ0n) is 10.2. The van der Waals surface area contributed by atoms with Crippen LogP contribution in [0.3, 0.4) is 0 Å². The standard InChI is InChI=1S/C14H23NO/c1-9(16)11-3-2-6-14(8-11)12-5-4-10(7-12)13(14)15/h10-13H,2-8,15H2,1H3/t10?,11-,12-,13+,14-/m0/s1. The summed E-state index contributed by atoms with van der Waals surface area (Å²) in [6.45, 7) is 1.77. The van der Waals surface area contributed by atoms with E-state index in [0.717, 1.165) is 24.7 Å². The number of fused-ring (bicyclic) bond motifs is 3. The first-order valence-corrected chi connectivity index (χ1v) is 6.89. The summed E-state index contributed by atoms with van der Waals surface area (Å²) in [6.07, 6.45) is 8.80. The summed E-state index contributed by atoms with van der Waals surface area (Å²) < 4.78 is 0. The molecule has 2 nitrogen and oxygen atoms in total. The summed E-state index contributed by atoms with van der Waals surface area (Å²) in [5, 5.41) is 0. The number of nitrogens with two attached hydrogens (primary N) is 1. The zero-order valence-corrected chi connectivity index (χ0v) is 10.2. The summed E-state index contributed by atoms with van der Waals surface area (Å²) >= 11 is 0. The van der Waals surface area contributed by atoms with E-state index in [9.17, 15) is 4.79 Å². The Balaban J connectivity index is 1.85. The van der Waals surface area contributed by atoms with Gasteiger partial charge in [-0.25, -0.2) is 0 Å². The van der Waals surface area contributed by atoms with E-state index in [4.69, 9.17) is 5.73 Å². The van der Waals surface area contributed by atoms with Gasteiger partial charge in [-0.2, -0.15) is 0 Å². The van der Waals surface area contributed by atoms with Crippen molar-refractivity contribution in [3.8, 4) is 0 Å². The number of carbonyl (C=O) groups is 1. The van der Waals surface area contributed by atoms with Crippen LogP contribution in [0.15, 0.2) is 0 Å². The van der Waals surface area contributed by atoms with Crippen molar-refractivity contribution in [2.45, 2.75) is 57.9 Å². The first kappa shape index (κ1) is 10.8. The minimum atomic E-state index is 0.319. The molecule has 0 radical (unpaired) electrons. The molecule has 3 fully saturated rings. The summed E-state index contributed by atoms with van der Waals surface area (Å²) in [7, 11) is 0. The molecule has 5 atom stereocenters. The number of Topliss-reactive ketones (excluding diaryl/α,β-unsaturated/α-hetero) is 1. The second kappa shape index (κ2) is 3.56. The summed E-state index contributed by atoms with van der Waals surface area (Å²) in [5.41, 5.74) is 6.84. The van der Waals surface area contributed by atoms with Crippen LogP contribution in [0.2, 0.25) is 0 Å². The van der Waals surface area contributed by atoms with Gasteiger partial charge in [-0.15, -0.1) is 0 Å². The maximum atomic E-state index is 11.6. The topological polar surface area (TPSA) is 43.1 Å². The Morgan fingerprint density at radius 2 is 2.12 bits per heavy atom. The normalized spacial score (nSPS) is 51.1. The third-order valence-corrected chi connectivity index (χ3v) is 5.85. The number of ketones is 1. The van der Waals surface area contributed by atoms with Crippen molar-refractivity contribution in [1.82, 2.24) is 0 Å². The molecule has 2 N–H and O–H groups in total. The smallest absolute Gasteiger partial charge is 0.132 e. The zero-order chi connectivity index (χ0) is 11.3. The van der Waals surface area contributed by atoms with Gasteiger partial charge in [0, 0.05) is 12.0 Å². The van der Waals surface area contributed by atoms with Crippen molar-refractivity contribution in [2.24, 2.45) is 28.9 Å². The number of hydrogen-bond acceptors (Lipinski definition) is 2. The minimum Gasteiger partial charge on any atom is -0.327 e. The largest absolute Gasteiger partial charge is 0.327 e. The van der Waals surface area contributed by atoms with Crippen molar-refractivity contribution in [3.05, 3.63) is 0 Å². The second-order valence-electron chi connectivity index (χ2n) is 6.43. The highest BCUT2D eigenvalue weighted by Crippen LogP contribution is 2.61. The predicted molar refractivity (Wildman–Crippen MR) is 63.9 cm³/mol. The van der Waals surface area contributed by atoms with E-state index in [-0.39, 0.29) is 0 Å². The molecule has 0 aliphatic heterocycles. The maximum Gasteiger partial charge on any atom is 0.132 e. The molecular weight excluding hydrogens is 198 g/mol. The fraction of sp³-hybridized carbons (Fsp3) is 0.929. The minimum absolute atomic E-state index is 0.319. The highest BCUT2D eigenvalue weighted by molar-refractivity contribution is 5.78. The van der Waals surface area contributed by atoms with Crippen LogP contribution in [0, 0.1) is 23.2 Å². The van der Waals surface area contributed by atoms with Gasteiger partial charge >= 0.3 is 0 Å². The van der Waals surface area contributed by atoms with Crippen LogP contribution in [0.1, 0.15) is 51.9 Å². The lowest BCUT2D eigenvalue weighted by molar-refractivity contribution is -0.124. The molecule has 3 rings (SSSR count). The summed E-state index contributed by atoms with van der Waals surface area (Å²) in [4.78, 5) is 11.6. The van der Waals surface area contributed by atoms with Crippen LogP contribution >= 0.6 is 0 Å². The van der Waals surface area contributed by atoms with Crippen molar-refractivity contribution < 1.29 is 4.79 Å². The average molecular weight is 221 g/mol. The van der Waals surface area contributed by atoms with E-state index in [1.165, 1.54) is 32.1 Å². The monoisotopic (exact) mass is 221 g/mol. The third kappa shape index (κ3) is 1.32. The molecule has 0 aromatic rings. The van der Waals surface area contributed by atoms with Crippen molar-refractivity contribution in [1.29, 1.82) is 0 Å². The average Bonchev–Trinajstić information content (AvgIpc) is 2.84. The van der Waals surface area contributed by atoms with Crippen molar-refractivity contribution in [2.75, 3.05) is 0 Å². The molecular formula is C14H23NO. The molecule has 16 heavy (non-hydrogen) atoms. The fourth-order valence-electron chi connectivity index (χ4n) is 4.97. The van der Waals surface area contributed by atoms with Crippen LogP contribution in [-0.2, 0) is 4.79 Å². The van der Waals surface area contributed by atoms with E-state index < -0.39 is 0 Å². The number of rotatable bonds is 1. The summed E-state index contributed by atoms with van der Waals surface area (Å²) in [5.74, 6) is 2.33. The molecule has 3 aliphatic carbocycles. The molecule has 0 amide bonds. The maximum absolute atomic E-state index is 11.6. The Labute approximate surface area is 98.0 Å². The third-order valence-electron chi connectivity index (χ3n) is 5.85. The Morgan fingerprint density at radius 3 is 2.75 bits per heavy atom. The molecule has 1 spiro atoms. The van der Waals surface area contributed by atoms with Gasteiger partial charge < -0.3 is 5.73 Å². The molecule has 0 heterocycles. The highest BCUT2D eigenvalue weighted by Gasteiger charge is 2.57. The molecule has 0 aromatic carbocycles. The number of carbonyl (C=O) groups excluding carboxylic acids is 1. The van der Waals surface area contributed by atoms with Gasteiger partial charge in [0.1, 0.15) is 5.78 Å². The molecule has 2 bridgehead atoms. The van der Waals surface area contributed by atoms with Crippen molar-refractivity contribution >= 4 is 5.78 Å². The summed E-state index contributed by atoms with van der Waals surface area (Å²) in [6, 6.07) is 0.397. The van der Waals surface area contributed by atoms with Crippen LogP contribution in [0.5, 0.6) is 0 Å². The molecule has 0 aromatic heterocycles. The quantitative estimate of drug-likeness (QED) is 0.739. The Bertz CT molecular complexity index is 310. The lowest BCUT2D eigenvalue weighted by atomic mass is 9.59. The lowest BCUT2D eigenvalue weighted by Crippen LogP contribution is -2.49. The molecule has 2 heteroatoms. The Hall–Kier alpha value is -0.370. The van der Waals surface area contributed by atoms with Crippen molar-refractivity contribution in [3.63, 3.8) is 0 Å². The van der Waals surface area contributed by atoms with Gasteiger partial charge in [-0.05, 0) is 62.7 Å². The van der Waals surface area contributed by atoms with Gasteiger partial charge in [0.2, 0.25) is 0 Å². The Morgan fingerprint density at radius 1 is 1.31 bits per heavy atom. The molecule has 90 valence electrons. The van der Waals surface area contributed by atoms with Gasteiger partial charge in [0.15, 0.2) is 0 Å². The van der Waals surface area contributed by atoms with E-state index >= 15 is 0 Å². The van der Waals surface area contributed by atoms with Gasteiger partial charge in [-0.1, -0.05) is 6.42 Å². The van der Waals surface area contributed by atoms with E-state index in [1.807, 2.05) is 0 Å². The molecule has 1 unspecified atom stereocenters. The van der Waals surface area contributed by atoms with Crippen LogP contribution in [0.25, 0.3) is 0 Å². The van der Waals surface area contributed by atoms with E-state index in [0.29, 0.717) is 23.2 Å². The second-order valence-corrected chi connectivity index (χ2v) is 6.43. The van der Waals surface area contributed by atoms with Gasteiger partial charge in [-0.3, -0.25) is 4.79 Å². The molecule has 3 saturated carbocycles. The molecule has 0 saturated heterocycles. The first-order valence-electron chi connectivity index (χ1n) is 6.89. The predicted octanol–water partition coefficient (Wildman–Crippen LogP) is 2.51. The van der Waals surface area contributed by atoms with Crippen LogP contribution in [0.4, 0.5) is 0 Å². The number of hydrogen-bond donors (Lipinski definition) is 1. The van der Waals surface area contributed by atoms with E-state index in [2.05, 4.69) is 0 Å². The van der Waals surface area contributed by atoms with Crippen LogP contribution in [-0.4, -0.2) is 11.8 Å².